The first-order valence-corrected chi connectivity index (χ1v) is 4.99. The second kappa shape index (κ2) is 3.84. The van der Waals surface area contributed by atoms with E-state index in [1.165, 1.54) is 16.9 Å². The van der Waals surface area contributed by atoms with Gasteiger partial charge in [0, 0.05) is 12.1 Å². The molecule has 0 unspecified atom stereocenters. The molecule has 0 spiro atoms. The Kier molecular flexibility index (Phi) is 2.52. The summed E-state index contributed by atoms with van der Waals surface area (Å²) >= 11 is 0. The van der Waals surface area contributed by atoms with Crippen LogP contribution in [-0.4, -0.2) is 9.55 Å². The fourth-order valence-electron chi connectivity index (χ4n) is 1.63. The maximum Gasteiger partial charge on any atom is 0.329 e. The Balaban J connectivity index is 2.78. The third kappa shape index (κ3) is 1.71. The van der Waals surface area contributed by atoms with Gasteiger partial charge in [0.25, 0.3) is 5.56 Å². The Hall–Kier alpha value is -2.04. The van der Waals surface area contributed by atoms with Crippen molar-refractivity contribution >= 4 is 0 Å². The Labute approximate surface area is 91.3 Å². The van der Waals surface area contributed by atoms with Gasteiger partial charge in [-0.15, -0.1) is 0 Å². The predicted molar refractivity (Wildman–Crippen MR) is 59.4 cm³/mol. The Bertz CT molecular complexity index is 590. The number of aromatic nitrogens is 2. The second-order valence-electron chi connectivity index (χ2n) is 3.77. The Morgan fingerprint density at radius 1 is 1.38 bits per heavy atom. The number of furan rings is 1. The Morgan fingerprint density at radius 3 is 2.69 bits per heavy atom. The molecule has 0 aliphatic heterocycles. The molecule has 2 aromatic rings. The second-order valence-corrected chi connectivity index (χ2v) is 3.77. The van der Waals surface area contributed by atoms with Crippen LogP contribution in [0.2, 0.25) is 0 Å². The lowest BCUT2D eigenvalue weighted by atomic mass is 10.2. The zero-order chi connectivity index (χ0) is 11.7. The minimum absolute atomic E-state index is 0.0514. The lowest BCUT2D eigenvalue weighted by Gasteiger charge is -2.13. The minimum atomic E-state index is -0.423. The number of hydrogen-bond acceptors (Lipinski definition) is 3. The molecule has 2 heterocycles. The topological polar surface area (TPSA) is 68.0 Å². The fraction of sp³-hybridized carbons (Fsp3) is 0.273. The lowest BCUT2D eigenvalue weighted by Crippen LogP contribution is -2.31. The van der Waals surface area contributed by atoms with Crippen molar-refractivity contribution in [1.82, 2.24) is 9.55 Å². The summed E-state index contributed by atoms with van der Waals surface area (Å²) in [6.07, 6.45) is 1.51. The van der Waals surface area contributed by atoms with Gasteiger partial charge in [-0.3, -0.25) is 14.3 Å². The van der Waals surface area contributed by atoms with Gasteiger partial charge < -0.3 is 4.42 Å². The van der Waals surface area contributed by atoms with Crippen molar-refractivity contribution < 1.29 is 4.42 Å². The van der Waals surface area contributed by atoms with E-state index in [2.05, 4.69) is 4.98 Å². The first-order chi connectivity index (χ1) is 7.59. The van der Waals surface area contributed by atoms with E-state index in [1.54, 1.807) is 12.1 Å². The third-order valence-electron chi connectivity index (χ3n) is 2.27. The molecule has 0 aliphatic carbocycles. The van der Waals surface area contributed by atoms with Gasteiger partial charge in [-0.2, -0.15) is 0 Å². The first kappa shape index (κ1) is 10.5. The van der Waals surface area contributed by atoms with Crippen LogP contribution in [0.4, 0.5) is 0 Å². The summed E-state index contributed by atoms with van der Waals surface area (Å²) in [5.41, 5.74) is -0.351. The highest BCUT2D eigenvalue weighted by Crippen LogP contribution is 2.19. The molecular formula is C11H12N2O3. The van der Waals surface area contributed by atoms with E-state index in [9.17, 15) is 9.59 Å². The van der Waals surface area contributed by atoms with Gasteiger partial charge >= 0.3 is 5.69 Å². The highest BCUT2D eigenvalue weighted by molar-refractivity contribution is 5.51. The zero-order valence-electron chi connectivity index (χ0n) is 9.06. The molecule has 0 fully saturated rings. The van der Waals surface area contributed by atoms with Crippen LogP contribution in [0.5, 0.6) is 0 Å². The molecular weight excluding hydrogens is 208 g/mol. The van der Waals surface area contributed by atoms with Crippen LogP contribution in [0.3, 0.4) is 0 Å². The summed E-state index contributed by atoms with van der Waals surface area (Å²) in [5, 5.41) is 0. The van der Waals surface area contributed by atoms with Crippen LogP contribution in [0.25, 0.3) is 11.5 Å². The van der Waals surface area contributed by atoms with E-state index < -0.39 is 11.2 Å². The molecule has 0 saturated carbocycles. The van der Waals surface area contributed by atoms with E-state index in [1.807, 2.05) is 13.8 Å². The highest BCUT2D eigenvalue weighted by Gasteiger charge is 2.12. The largest absolute Gasteiger partial charge is 0.463 e. The van der Waals surface area contributed by atoms with E-state index in [0.717, 1.165) is 0 Å². The number of hydrogen-bond donors (Lipinski definition) is 1. The fourth-order valence-corrected chi connectivity index (χ4v) is 1.63. The molecule has 0 amide bonds. The lowest BCUT2D eigenvalue weighted by molar-refractivity contribution is 0.535. The van der Waals surface area contributed by atoms with Crippen LogP contribution in [0.15, 0.2) is 38.5 Å². The maximum atomic E-state index is 11.7. The summed E-state index contributed by atoms with van der Waals surface area (Å²) in [6.45, 7) is 3.73. The average Bonchev–Trinajstić information content (AvgIpc) is 2.67. The number of nitrogens with one attached hydrogen (secondary N) is 1. The SMILES string of the molecule is CC(C)n1c(-c2ccco2)cc(=O)[nH]c1=O. The molecule has 5 nitrogen and oxygen atoms in total. The maximum absolute atomic E-state index is 11.7. The van der Waals surface area contributed by atoms with Crippen molar-refractivity contribution in [2.45, 2.75) is 19.9 Å². The van der Waals surface area contributed by atoms with Crippen LogP contribution >= 0.6 is 0 Å². The molecule has 2 aromatic heterocycles. The molecule has 0 aromatic carbocycles. The van der Waals surface area contributed by atoms with Crippen molar-refractivity contribution in [3.63, 3.8) is 0 Å². The van der Waals surface area contributed by atoms with Gasteiger partial charge in [-0.25, -0.2) is 4.79 Å². The molecule has 0 bridgehead atoms. The van der Waals surface area contributed by atoms with Gasteiger partial charge in [0.05, 0.1) is 12.0 Å². The number of H-pyrrole nitrogens is 1. The van der Waals surface area contributed by atoms with Crippen molar-refractivity contribution in [2.75, 3.05) is 0 Å². The van der Waals surface area contributed by atoms with Crippen molar-refractivity contribution in [1.29, 1.82) is 0 Å². The summed E-state index contributed by atoms with van der Waals surface area (Å²) < 4.78 is 6.69. The molecule has 16 heavy (non-hydrogen) atoms. The smallest absolute Gasteiger partial charge is 0.329 e. The molecule has 1 N–H and O–H groups in total. The standard InChI is InChI=1S/C11H12N2O3/c1-7(2)13-8(9-4-3-5-16-9)6-10(14)12-11(13)15/h3-7H,1-2H3,(H,12,14,15). The van der Waals surface area contributed by atoms with Crippen molar-refractivity contribution in [3.8, 4) is 11.5 Å². The normalized spacial score (nSPS) is 10.9. The minimum Gasteiger partial charge on any atom is -0.463 e. The van der Waals surface area contributed by atoms with E-state index in [-0.39, 0.29) is 6.04 Å². The summed E-state index contributed by atoms with van der Waals surface area (Å²) in [5.74, 6) is 0.511. The Morgan fingerprint density at radius 2 is 2.12 bits per heavy atom. The summed E-state index contributed by atoms with van der Waals surface area (Å²) in [7, 11) is 0. The van der Waals surface area contributed by atoms with Gasteiger partial charge in [0.15, 0.2) is 5.76 Å². The number of rotatable bonds is 2. The van der Waals surface area contributed by atoms with Crippen LogP contribution in [0, 0.1) is 0 Å². The zero-order valence-corrected chi connectivity index (χ0v) is 9.06. The predicted octanol–water partition coefficient (Wildman–Crippen LogP) is 1.38. The van der Waals surface area contributed by atoms with Gasteiger partial charge in [0.2, 0.25) is 0 Å². The number of aromatic amines is 1. The molecule has 5 heteroatoms. The van der Waals surface area contributed by atoms with Gasteiger partial charge in [-0.05, 0) is 26.0 Å². The van der Waals surface area contributed by atoms with Crippen molar-refractivity contribution in [2.24, 2.45) is 0 Å². The highest BCUT2D eigenvalue weighted by atomic mass is 16.3. The van der Waals surface area contributed by atoms with Crippen LogP contribution in [-0.2, 0) is 0 Å². The van der Waals surface area contributed by atoms with E-state index >= 15 is 0 Å². The number of nitrogens with zero attached hydrogens (tertiary/aromatic N) is 1. The monoisotopic (exact) mass is 220 g/mol. The van der Waals surface area contributed by atoms with Gasteiger partial charge in [-0.1, -0.05) is 0 Å². The molecule has 2 rings (SSSR count). The molecule has 0 aliphatic rings. The third-order valence-corrected chi connectivity index (χ3v) is 2.27. The van der Waals surface area contributed by atoms with E-state index in [0.29, 0.717) is 11.5 Å². The quantitative estimate of drug-likeness (QED) is 0.831. The summed E-state index contributed by atoms with van der Waals surface area (Å²) in [6, 6.07) is 4.74. The molecule has 84 valence electrons. The molecule has 0 radical (unpaired) electrons. The van der Waals surface area contributed by atoms with Crippen molar-refractivity contribution in [3.05, 3.63) is 45.3 Å². The molecule has 0 atom stereocenters. The first-order valence-electron chi connectivity index (χ1n) is 4.99. The van der Waals surface area contributed by atoms with Gasteiger partial charge in [0.1, 0.15) is 0 Å². The van der Waals surface area contributed by atoms with Crippen LogP contribution < -0.4 is 11.2 Å². The average molecular weight is 220 g/mol. The molecule has 0 saturated heterocycles. The summed E-state index contributed by atoms with van der Waals surface area (Å²) in [4.78, 5) is 25.2. The van der Waals surface area contributed by atoms with Crippen LogP contribution in [0.1, 0.15) is 19.9 Å². The van der Waals surface area contributed by atoms with E-state index in [4.69, 9.17) is 4.42 Å².